The zero-order chi connectivity index (χ0) is 28.3. The van der Waals surface area contributed by atoms with E-state index >= 15 is 0 Å². The van der Waals surface area contributed by atoms with Gasteiger partial charge in [-0.05, 0) is 76.1 Å². The monoisotopic (exact) mass is 565 g/mol. The number of sulfonamides is 1. The van der Waals surface area contributed by atoms with Crippen molar-refractivity contribution in [3.8, 4) is 0 Å². The highest BCUT2D eigenvalue weighted by molar-refractivity contribution is 7.89. The van der Waals surface area contributed by atoms with Crippen LogP contribution in [0.25, 0.3) is 10.2 Å². The summed E-state index contributed by atoms with van der Waals surface area (Å²) in [6.07, 6.45) is 0. The first-order valence-electron chi connectivity index (χ1n) is 12.6. The molecule has 2 heterocycles. The second-order valence-corrected chi connectivity index (χ2v) is 12.3. The lowest BCUT2D eigenvalue weighted by Gasteiger charge is -2.26. The molecule has 1 amide bonds. The van der Waals surface area contributed by atoms with E-state index < -0.39 is 21.9 Å². The van der Waals surface area contributed by atoms with Crippen LogP contribution in [0, 0.1) is 13.8 Å². The molecule has 0 aliphatic carbocycles. The number of benzene rings is 2. The van der Waals surface area contributed by atoms with Crippen LogP contribution in [0.3, 0.4) is 0 Å². The minimum atomic E-state index is -3.82. The van der Waals surface area contributed by atoms with Gasteiger partial charge >= 0.3 is 5.97 Å². The van der Waals surface area contributed by atoms with Gasteiger partial charge in [0, 0.05) is 29.2 Å². The highest BCUT2D eigenvalue weighted by Gasteiger charge is 2.28. The minimum absolute atomic E-state index is 0.0902. The molecule has 2 aromatic carbocycles. The number of nitrogens with zero attached hydrogens (tertiary/aromatic N) is 2. The Kier molecular flexibility index (Phi) is 8.48. The van der Waals surface area contributed by atoms with E-state index in [0.717, 1.165) is 28.2 Å². The van der Waals surface area contributed by atoms with Crippen LogP contribution in [0.1, 0.15) is 57.6 Å². The van der Waals surface area contributed by atoms with Crippen molar-refractivity contribution in [1.82, 2.24) is 9.29 Å². The topological polar surface area (TPSA) is 106 Å². The van der Waals surface area contributed by atoms with Crippen molar-refractivity contribution >= 4 is 49.1 Å². The van der Waals surface area contributed by atoms with Gasteiger partial charge in [-0.25, -0.2) is 18.2 Å². The molecule has 0 spiro atoms. The zero-order valence-corrected chi connectivity index (χ0v) is 24.2. The number of carbonyl (C=O) groups excluding carboxylic acids is 2. The van der Waals surface area contributed by atoms with E-state index in [1.54, 1.807) is 6.92 Å². The molecule has 4 aromatic rings. The summed E-state index contributed by atoms with van der Waals surface area (Å²) in [5, 5.41) is 3.53. The Labute approximate surface area is 232 Å². The molecule has 0 saturated heterocycles. The lowest BCUT2D eigenvalue weighted by molar-refractivity contribution is 0.0533. The number of aromatic nitrogens is 1. The number of hydrogen-bond acceptors (Lipinski definition) is 7. The van der Waals surface area contributed by atoms with E-state index in [9.17, 15) is 18.0 Å². The number of nitrogens with one attached hydrogen (secondary N) is 1. The predicted octanol–water partition coefficient (Wildman–Crippen LogP) is 5.94. The Bertz CT molecular complexity index is 1610. The second-order valence-electron chi connectivity index (χ2n) is 9.40. The van der Waals surface area contributed by atoms with Crippen LogP contribution in [0.5, 0.6) is 0 Å². The van der Waals surface area contributed by atoms with Crippen LogP contribution in [0.2, 0.25) is 0 Å². The van der Waals surface area contributed by atoms with Gasteiger partial charge in [-0.15, -0.1) is 11.3 Å². The van der Waals surface area contributed by atoms with Crippen molar-refractivity contribution in [2.75, 3.05) is 11.9 Å². The fraction of sp³-hybridized carbons (Fsp3) is 0.276. The van der Waals surface area contributed by atoms with Gasteiger partial charge in [0.15, 0.2) is 0 Å². The van der Waals surface area contributed by atoms with Gasteiger partial charge in [-0.2, -0.15) is 4.31 Å². The minimum Gasteiger partial charge on any atom is -0.462 e. The van der Waals surface area contributed by atoms with Gasteiger partial charge in [-0.1, -0.05) is 30.3 Å². The number of thiophene rings is 1. The van der Waals surface area contributed by atoms with Gasteiger partial charge in [0.2, 0.25) is 10.0 Å². The number of ether oxygens (including phenoxy) is 1. The summed E-state index contributed by atoms with van der Waals surface area (Å²) in [4.78, 5) is 31.5. The summed E-state index contributed by atoms with van der Waals surface area (Å²) in [6, 6.07) is 16.8. The summed E-state index contributed by atoms with van der Waals surface area (Å²) in [6.45, 7) is 9.55. The third-order valence-corrected chi connectivity index (χ3v) is 9.27. The van der Waals surface area contributed by atoms with Gasteiger partial charge < -0.3 is 10.1 Å². The van der Waals surface area contributed by atoms with E-state index in [-0.39, 0.29) is 34.5 Å². The fourth-order valence-electron chi connectivity index (χ4n) is 4.31. The highest BCUT2D eigenvalue weighted by Crippen LogP contribution is 2.38. The van der Waals surface area contributed by atoms with Gasteiger partial charge in [0.05, 0.1) is 17.2 Å². The average molecular weight is 566 g/mol. The first-order valence-corrected chi connectivity index (χ1v) is 14.8. The summed E-state index contributed by atoms with van der Waals surface area (Å²) in [5.74, 6) is -1.02. The Balaban J connectivity index is 1.63. The molecule has 0 atom stereocenters. The standard InChI is InChI=1S/C29H31N3O5S2/c1-6-37-29(34)26-25(24-19(4)16-20(5)30-28(24)38-26)31-27(33)22-12-14-23(15-13-22)39(35,36)32(18(2)3)17-21-10-8-7-9-11-21/h7-16,18H,6,17H2,1-5H3,(H,31,33). The molecule has 0 aliphatic rings. The Morgan fingerprint density at radius 1 is 1.05 bits per heavy atom. The van der Waals surface area contributed by atoms with Gasteiger partial charge in [-0.3, -0.25) is 4.79 Å². The highest BCUT2D eigenvalue weighted by atomic mass is 32.2. The van der Waals surface area contributed by atoms with Gasteiger partial charge in [0.1, 0.15) is 9.71 Å². The Hall–Kier alpha value is -3.60. The van der Waals surface area contributed by atoms with E-state index in [4.69, 9.17) is 4.74 Å². The number of aryl methyl sites for hydroxylation is 2. The van der Waals surface area contributed by atoms with E-state index in [2.05, 4.69) is 10.3 Å². The fourth-order valence-corrected chi connectivity index (χ4v) is 7.08. The number of carbonyl (C=O) groups is 2. The largest absolute Gasteiger partial charge is 0.462 e. The Morgan fingerprint density at radius 2 is 1.72 bits per heavy atom. The number of amides is 1. The maximum Gasteiger partial charge on any atom is 0.350 e. The normalized spacial score (nSPS) is 11.8. The molecular weight excluding hydrogens is 534 g/mol. The number of pyridine rings is 1. The van der Waals surface area contributed by atoms with Crippen molar-refractivity contribution in [1.29, 1.82) is 0 Å². The SMILES string of the molecule is CCOC(=O)c1sc2nc(C)cc(C)c2c1NC(=O)c1ccc(S(=O)(=O)N(Cc2ccccc2)C(C)C)cc1. The summed E-state index contributed by atoms with van der Waals surface area (Å²) in [5.41, 5.74) is 3.14. The predicted molar refractivity (Wildman–Crippen MR) is 154 cm³/mol. The molecule has 0 radical (unpaired) electrons. The molecule has 0 saturated carbocycles. The molecule has 8 nitrogen and oxygen atoms in total. The molecule has 0 fully saturated rings. The third kappa shape index (κ3) is 6.03. The summed E-state index contributed by atoms with van der Waals surface area (Å²) in [7, 11) is -3.82. The number of esters is 1. The molecule has 0 unspecified atom stereocenters. The van der Waals surface area contributed by atoms with E-state index in [1.807, 2.05) is 64.1 Å². The lowest BCUT2D eigenvalue weighted by atomic mass is 10.1. The molecule has 0 bridgehead atoms. The lowest BCUT2D eigenvalue weighted by Crippen LogP contribution is -2.36. The molecule has 10 heteroatoms. The van der Waals surface area contributed by atoms with E-state index in [1.165, 1.54) is 28.6 Å². The van der Waals surface area contributed by atoms with Crippen molar-refractivity contribution in [2.45, 2.75) is 52.1 Å². The van der Waals surface area contributed by atoms with Crippen LogP contribution < -0.4 is 5.32 Å². The molecule has 204 valence electrons. The average Bonchev–Trinajstić information content (AvgIpc) is 3.26. The molecule has 0 aliphatic heterocycles. The van der Waals surface area contributed by atoms with Crippen molar-refractivity contribution in [3.63, 3.8) is 0 Å². The van der Waals surface area contributed by atoms with Crippen LogP contribution in [0.4, 0.5) is 5.69 Å². The summed E-state index contributed by atoms with van der Waals surface area (Å²) >= 11 is 1.16. The third-order valence-electron chi connectivity index (χ3n) is 6.17. The molecule has 39 heavy (non-hydrogen) atoms. The van der Waals surface area contributed by atoms with Crippen molar-refractivity contribution in [3.05, 3.63) is 87.9 Å². The number of hydrogen-bond donors (Lipinski definition) is 1. The first kappa shape index (κ1) is 28.4. The number of fused-ring (bicyclic) bond motifs is 1. The molecular formula is C29H31N3O5S2. The molecule has 4 rings (SSSR count). The summed E-state index contributed by atoms with van der Waals surface area (Å²) < 4.78 is 33.6. The molecule has 1 N–H and O–H groups in total. The maximum absolute atomic E-state index is 13.5. The van der Waals surface area contributed by atoms with Gasteiger partial charge in [0.25, 0.3) is 5.91 Å². The number of anilines is 1. The maximum atomic E-state index is 13.5. The van der Waals surface area contributed by atoms with Crippen LogP contribution >= 0.6 is 11.3 Å². The number of rotatable bonds is 9. The van der Waals surface area contributed by atoms with Crippen LogP contribution in [0.15, 0.2) is 65.6 Å². The second kappa shape index (κ2) is 11.6. The zero-order valence-electron chi connectivity index (χ0n) is 22.5. The van der Waals surface area contributed by atoms with Crippen LogP contribution in [-0.4, -0.2) is 42.2 Å². The van der Waals surface area contributed by atoms with Crippen molar-refractivity contribution < 1.29 is 22.7 Å². The van der Waals surface area contributed by atoms with Crippen molar-refractivity contribution in [2.24, 2.45) is 0 Å². The smallest absolute Gasteiger partial charge is 0.350 e. The van der Waals surface area contributed by atoms with E-state index in [0.29, 0.717) is 15.9 Å². The molecule has 2 aromatic heterocycles. The Morgan fingerprint density at radius 3 is 2.33 bits per heavy atom. The van der Waals surface area contributed by atoms with Crippen LogP contribution in [-0.2, 0) is 21.3 Å². The quantitative estimate of drug-likeness (QED) is 0.252. The first-order chi connectivity index (χ1) is 18.5.